The Morgan fingerprint density at radius 1 is 0.926 bits per heavy atom. The minimum Gasteiger partial charge on any atom is -0.349 e. The Labute approximate surface area is 166 Å². The molecule has 1 saturated carbocycles. The number of nitrogens with one attached hydrogen (secondary N) is 2. The zero-order chi connectivity index (χ0) is 18.5. The van der Waals surface area contributed by atoms with Gasteiger partial charge in [-0.15, -0.1) is 12.4 Å². The van der Waals surface area contributed by atoms with Crippen LogP contribution >= 0.6 is 12.4 Å². The highest BCUT2D eigenvalue weighted by atomic mass is 35.5. The summed E-state index contributed by atoms with van der Waals surface area (Å²) in [5.41, 5.74) is 8.61. The largest absolute Gasteiger partial charge is 0.349 e. The van der Waals surface area contributed by atoms with E-state index < -0.39 is 0 Å². The lowest BCUT2D eigenvalue weighted by atomic mass is 9.91. The molecule has 4 N–H and O–H groups in total. The molecule has 1 aliphatic carbocycles. The lowest BCUT2D eigenvalue weighted by molar-refractivity contribution is 0.0925. The molecule has 2 aromatic carbocycles. The van der Waals surface area contributed by atoms with Gasteiger partial charge >= 0.3 is 0 Å². The summed E-state index contributed by atoms with van der Waals surface area (Å²) in [5, 5.41) is 5.98. The molecule has 1 aliphatic rings. The maximum absolute atomic E-state index is 12.6. The summed E-state index contributed by atoms with van der Waals surface area (Å²) in [7, 11) is 0. The van der Waals surface area contributed by atoms with Crippen molar-refractivity contribution in [1.82, 2.24) is 5.32 Å². The predicted molar refractivity (Wildman–Crippen MR) is 111 cm³/mol. The van der Waals surface area contributed by atoms with Crippen molar-refractivity contribution < 1.29 is 9.59 Å². The van der Waals surface area contributed by atoms with E-state index in [1.807, 2.05) is 31.2 Å². The van der Waals surface area contributed by atoms with E-state index in [4.69, 9.17) is 5.73 Å². The number of anilines is 1. The van der Waals surface area contributed by atoms with Gasteiger partial charge in [-0.3, -0.25) is 9.59 Å². The number of amides is 2. The van der Waals surface area contributed by atoms with Gasteiger partial charge in [0, 0.05) is 28.9 Å². The molecule has 0 atom stereocenters. The second kappa shape index (κ2) is 9.53. The monoisotopic (exact) mass is 387 g/mol. The molecule has 0 saturated heterocycles. The molecule has 0 bridgehead atoms. The van der Waals surface area contributed by atoms with Crippen molar-refractivity contribution in [1.29, 1.82) is 0 Å². The molecule has 2 amide bonds. The number of carbonyl (C=O) groups is 2. The van der Waals surface area contributed by atoms with E-state index in [2.05, 4.69) is 10.6 Å². The first-order valence-corrected chi connectivity index (χ1v) is 9.06. The summed E-state index contributed by atoms with van der Waals surface area (Å²) in [6.45, 7) is 1.91. The minimum absolute atomic E-state index is 0. The molecule has 3 rings (SSSR count). The second-order valence-electron chi connectivity index (χ2n) is 6.94. The lowest BCUT2D eigenvalue weighted by Crippen LogP contribution is -2.40. The van der Waals surface area contributed by atoms with Crippen molar-refractivity contribution in [2.24, 2.45) is 5.73 Å². The van der Waals surface area contributed by atoms with Gasteiger partial charge < -0.3 is 16.4 Å². The summed E-state index contributed by atoms with van der Waals surface area (Å²) >= 11 is 0. The molecule has 2 aromatic rings. The van der Waals surface area contributed by atoms with E-state index in [-0.39, 0.29) is 36.3 Å². The standard InChI is InChI=1S/C21H25N3O2.ClH/c1-14-7-8-16(21(26)23-18-11-9-17(22)10-12-18)13-19(14)24-20(25)15-5-3-2-4-6-15;/h2-8,13,17-18H,9-12,22H2,1H3,(H,23,26)(H,24,25);1H. The third kappa shape index (κ3) is 5.55. The van der Waals surface area contributed by atoms with Crippen molar-refractivity contribution >= 4 is 29.9 Å². The zero-order valence-corrected chi connectivity index (χ0v) is 16.2. The molecule has 5 nitrogen and oxygen atoms in total. The van der Waals surface area contributed by atoms with Crippen molar-refractivity contribution in [2.75, 3.05) is 5.32 Å². The third-order valence-electron chi connectivity index (χ3n) is 4.89. The van der Waals surface area contributed by atoms with Crippen molar-refractivity contribution in [3.8, 4) is 0 Å². The fourth-order valence-electron chi connectivity index (χ4n) is 3.21. The Bertz CT molecular complexity index is 787. The summed E-state index contributed by atoms with van der Waals surface area (Å²) in [5.74, 6) is -0.298. The first kappa shape index (κ1) is 20.9. The van der Waals surface area contributed by atoms with Gasteiger partial charge in [0.2, 0.25) is 0 Å². The van der Waals surface area contributed by atoms with Gasteiger partial charge in [-0.2, -0.15) is 0 Å². The highest BCUT2D eigenvalue weighted by molar-refractivity contribution is 6.05. The van der Waals surface area contributed by atoms with Crippen LogP contribution in [-0.2, 0) is 0 Å². The minimum atomic E-state index is -0.187. The molecule has 0 aliphatic heterocycles. The van der Waals surface area contributed by atoms with Crippen LogP contribution in [-0.4, -0.2) is 23.9 Å². The van der Waals surface area contributed by atoms with Crippen LogP contribution in [0.25, 0.3) is 0 Å². The van der Waals surface area contributed by atoms with Crippen LogP contribution in [0, 0.1) is 6.92 Å². The quantitative estimate of drug-likeness (QED) is 0.748. The number of benzene rings is 2. The Morgan fingerprint density at radius 2 is 1.59 bits per heavy atom. The van der Waals surface area contributed by atoms with Gasteiger partial charge in [0.1, 0.15) is 0 Å². The molecule has 1 fully saturated rings. The van der Waals surface area contributed by atoms with E-state index in [0.717, 1.165) is 31.2 Å². The van der Waals surface area contributed by atoms with Gasteiger partial charge in [0.05, 0.1) is 0 Å². The van der Waals surface area contributed by atoms with E-state index in [0.29, 0.717) is 16.8 Å². The van der Waals surface area contributed by atoms with Gasteiger partial charge in [-0.25, -0.2) is 0 Å². The SMILES string of the molecule is Cc1ccc(C(=O)NC2CCC(N)CC2)cc1NC(=O)c1ccccc1.Cl. The highest BCUT2D eigenvalue weighted by Crippen LogP contribution is 2.20. The Kier molecular flexibility index (Phi) is 7.39. The van der Waals surface area contributed by atoms with E-state index in [1.165, 1.54) is 0 Å². The van der Waals surface area contributed by atoms with Crippen molar-refractivity contribution in [3.63, 3.8) is 0 Å². The van der Waals surface area contributed by atoms with Gasteiger partial charge in [-0.05, 0) is 62.4 Å². The summed E-state index contributed by atoms with van der Waals surface area (Å²) < 4.78 is 0. The topological polar surface area (TPSA) is 84.2 Å². The Hall–Kier alpha value is -2.37. The number of halogens is 1. The van der Waals surface area contributed by atoms with Crippen LogP contribution in [0.5, 0.6) is 0 Å². The molecule has 0 unspecified atom stereocenters. The normalized spacial score (nSPS) is 18.9. The predicted octanol–water partition coefficient (Wildman–Crippen LogP) is 3.67. The Balaban J connectivity index is 0.00000261. The van der Waals surface area contributed by atoms with Crippen LogP contribution < -0.4 is 16.4 Å². The van der Waals surface area contributed by atoms with Crippen LogP contribution in [0.1, 0.15) is 52.0 Å². The lowest BCUT2D eigenvalue weighted by Gasteiger charge is -2.26. The van der Waals surface area contributed by atoms with Crippen LogP contribution in [0.2, 0.25) is 0 Å². The highest BCUT2D eigenvalue weighted by Gasteiger charge is 2.21. The number of rotatable bonds is 4. The zero-order valence-electron chi connectivity index (χ0n) is 15.4. The maximum Gasteiger partial charge on any atom is 0.255 e. The van der Waals surface area contributed by atoms with Crippen molar-refractivity contribution in [2.45, 2.75) is 44.7 Å². The summed E-state index contributed by atoms with van der Waals surface area (Å²) in [4.78, 5) is 24.9. The van der Waals surface area contributed by atoms with Crippen LogP contribution in [0.15, 0.2) is 48.5 Å². The maximum atomic E-state index is 12.6. The molecule has 144 valence electrons. The molecule has 0 spiro atoms. The first-order valence-electron chi connectivity index (χ1n) is 9.06. The van der Waals surface area contributed by atoms with E-state index in [9.17, 15) is 9.59 Å². The molecule has 0 aromatic heterocycles. The van der Waals surface area contributed by atoms with Gasteiger partial charge in [0.25, 0.3) is 11.8 Å². The van der Waals surface area contributed by atoms with Gasteiger partial charge in [-0.1, -0.05) is 24.3 Å². The summed E-state index contributed by atoms with van der Waals surface area (Å²) in [6.07, 6.45) is 3.71. The fourth-order valence-corrected chi connectivity index (χ4v) is 3.21. The molecule has 0 radical (unpaired) electrons. The molecular formula is C21H26ClN3O2. The molecule has 0 heterocycles. The van der Waals surface area contributed by atoms with Crippen LogP contribution in [0.3, 0.4) is 0 Å². The van der Waals surface area contributed by atoms with Gasteiger partial charge in [0.15, 0.2) is 0 Å². The van der Waals surface area contributed by atoms with Crippen molar-refractivity contribution in [3.05, 3.63) is 65.2 Å². The summed E-state index contributed by atoms with van der Waals surface area (Å²) in [6, 6.07) is 14.8. The molecule has 27 heavy (non-hydrogen) atoms. The number of hydrogen-bond donors (Lipinski definition) is 3. The van der Waals surface area contributed by atoms with E-state index >= 15 is 0 Å². The smallest absolute Gasteiger partial charge is 0.255 e. The number of aryl methyl sites for hydroxylation is 1. The molecular weight excluding hydrogens is 362 g/mol. The average molecular weight is 388 g/mol. The molecule has 6 heteroatoms. The number of hydrogen-bond acceptors (Lipinski definition) is 3. The second-order valence-corrected chi connectivity index (χ2v) is 6.94. The third-order valence-corrected chi connectivity index (χ3v) is 4.89. The van der Waals surface area contributed by atoms with Crippen LogP contribution in [0.4, 0.5) is 5.69 Å². The first-order chi connectivity index (χ1) is 12.5. The Morgan fingerprint density at radius 3 is 2.26 bits per heavy atom. The number of carbonyl (C=O) groups excluding carboxylic acids is 2. The van der Waals surface area contributed by atoms with E-state index in [1.54, 1.807) is 24.3 Å². The number of nitrogens with two attached hydrogens (primary N) is 1. The average Bonchev–Trinajstić information content (AvgIpc) is 2.66. The fraction of sp³-hybridized carbons (Fsp3) is 0.333.